The first-order valence-electron chi connectivity index (χ1n) is 13.9. The van der Waals surface area contributed by atoms with Crippen molar-refractivity contribution in [3.05, 3.63) is 58.4 Å². The summed E-state index contributed by atoms with van der Waals surface area (Å²) in [5.74, 6) is -4.35. The monoisotopic (exact) mass is 542 g/mol. The number of hydrogen-bond donors (Lipinski definition) is 0. The van der Waals surface area contributed by atoms with E-state index in [0.29, 0.717) is 30.8 Å². The smallest absolute Gasteiger partial charge is 0.334 e. The highest BCUT2D eigenvalue weighted by Crippen LogP contribution is 2.52. The van der Waals surface area contributed by atoms with Crippen molar-refractivity contribution in [1.82, 2.24) is 4.90 Å². The number of carbonyl (C=O) groups is 2. The maximum Gasteiger partial charge on any atom is 0.334 e. The average molecular weight is 543 g/mol. The zero-order valence-corrected chi connectivity index (χ0v) is 23.3. The van der Waals surface area contributed by atoms with Crippen molar-refractivity contribution in [2.75, 3.05) is 7.11 Å². The SMILES string of the molecule is COC(=O)C1=CC=C(C(C2CC2)N2C(=O)C(c3cc(F)c(F)c(F)c3)=NC23CCC(C(C)(C)C)CC3)CC1C. The van der Waals surface area contributed by atoms with Crippen LogP contribution >= 0.6 is 0 Å². The summed E-state index contributed by atoms with van der Waals surface area (Å²) in [7, 11) is 1.36. The van der Waals surface area contributed by atoms with Crippen LogP contribution in [0, 0.1) is 40.6 Å². The summed E-state index contributed by atoms with van der Waals surface area (Å²) < 4.78 is 47.2. The third-order valence-corrected chi connectivity index (χ3v) is 9.16. The number of nitrogens with zero attached hydrogens (tertiary/aromatic N) is 2. The number of aliphatic imine (C=N–C) groups is 1. The van der Waals surface area contributed by atoms with Gasteiger partial charge in [0.2, 0.25) is 0 Å². The van der Waals surface area contributed by atoms with Gasteiger partial charge in [-0.3, -0.25) is 9.79 Å². The average Bonchev–Trinajstić information content (AvgIpc) is 3.68. The second kappa shape index (κ2) is 9.93. The number of carbonyl (C=O) groups excluding carboxylic acids is 2. The zero-order valence-electron chi connectivity index (χ0n) is 23.3. The summed E-state index contributed by atoms with van der Waals surface area (Å²) in [6, 6.07) is 1.50. The molecule has 2 unspecified atom stereocenters. The van der Waals surface area contributed by atoms with Crippen molar-refractivity contribution in [1.29, 1.82) is 0 Å². The normalized spacial score (nSPS) is 28.3. The fraction of sp³-hybridized carbons (Fsp3) is 0.581. The van der Waals surface area contributed by atoms with Crippen molar-refractivity contribution in [2.24, 2.45) is 28.2 Å². The fourth-order valence-electron chi connectivity index (χ4n) is 6.77. The number of hydrogen-bond acceptors (Lipinski definition) is 4. The van der Waals surface area contributed by atoms with E-state index in [-0.39, 0.29) is 46.4 Å². The summed E-state index contributed by atoms with van der Waals surface area (Å²) in [5.41, 5.74) is 0.873. The van der Waals surface area contributed by atoms with E-state index in [4.69, 9.17) is 9.73 Å². The number of benzene rings is 1. The van der Waals surface area contributed by atoms with Crippen LogP contribution in [0.15, 0.2) is 40.4 Å². The second-order valence-corrected chi connectivity index (χ2v) is 12.8. The molecule has 4 aliphatic rings. The van der Waals surface area contributed by atoms with E-state index in [0.717, 1.165) is 43.4 Å². The lowest BCUT2D eigenvalue weighted by molar-refractivity contribution is -0.137. The van der Waals surface area contributed by atoms with Crippen LogP contribution in [0.4, 0.5) is 13.2 Å². The Kier molecular flexibility index (Phi) is 7.04. The van der Waals surface area contributed by atoms with Crippen LogP contribution in [-0.2, 0) is 14.3 Å². The van der Waals surface area contributed by atoms with Crippen LogP contribution in [0.3, 0.4) is 0 Å². The lowest BCUT2D eigenvalue weighted by atomic mass is 9.69. The van der Waals surface area contributed by atoms with Gasteiger partial charge >= 0.3 is 5.97 Å². The van der Waals surface area contributed by atoms with E-state index >= 15 is 0 Å². The fourth-order valence-corrected chi connectivity index (χ4v) is 6.77. The molecule has 210 valence electrons. The van der Waals surface area contributed by atoms with Gasteiger partial charge in [0.15, 0.2) is 17.5 Å². The Morgan fingerprint density at radius 3 is 2.21 bits per heavy atom. The van der Waals surface area contributed by atoms with Crippen molar-refractivity contribution in [3.8, 4) is 0 Å². The van der Waals surface area contributed by atoms with Gasteiger partial charge in [-0.05, 0) is 85.8 Å². The van der Waals surface area contributed by atoms with Gasteiger partial charge in [0.1, 0.15) is 11.4 Å². The molecule has 2 fully saturated rings. The number of allylic oxidation sites excluding steroid dienone is 2. The first-order chi connectivity index (χ1) is 18.4. The van der Waals surface area contributed by atoms with E-state index in [2.05, 4.69) is 20.8 Å². The van der Waals surface area contributed by atoms with Crippen LogP contribution in [0.5, 0.6) is 0 Å². The molecule has 0 saturated heterocycles. The Bertz CT molecular complexity index is 1260. The molecule has 5 nitrogen and oxygen atoms in total. The maximum atomic E-state index is 14.2. The van der Waals surface area contributed by atoms with Gasteiger partial charge in [-0.1, -0.05) is 39.8 Å². The molecule has 0 radical (unpaired) electrons. The number of ether oxygens (including phenoxy) is 1. The van der Waals surface area contributed by atoms with E-state index in [9.17, 15) is 22.8 Å². The van der Waals surface area contributed by atoms with Gasteiger partial charge in [0, 0.05) is 11.1 Å². The molecule has 1 aliphatic heterocycles. The standard InChI is InChI=1S/C31H37F3N2O3/c1-17-14-19(8-9-22(17)29(38)39-5)27(18-6-7-18)36-28(37)26(20-15-23(32)25(34)24(33)16-20)35-31(36)12-10-21(11-13-31)30(2,3)4/h8-9,15-18,21,27H,6-7,10-14H2,1-5H3. The Balaban J connectivity index is 1.58. The first kappa shape index (κ1) is 27.7. The summed E-state index contributed by atoms with van der Waals surface area (Å²) in [5, 5.41) is 0. The van der Waals surface area contributed by atoms with Crippen molar-refractivity contribution in [3.63, 3.8) is 0 Å². The van der Waals surface area contributed by atoms with E-state index in [1.807, 2.05) is 17.9 Å². The molecule has 0 aromatic heterocycles. The molecular weight excluding hydrogens is 505 g/mol. The largest absolute Gasteiger partial charge is 0.466 e. The van der Waals surface area contributed by atoms with Crippen molar-refractivity contribution < 1.29 is 27.5 Å². The highest BCUT2D eigenvalue weighted by molar-refractivity contribution is 6.46. The number of halogens is 3. The summed E-state index contributed by atoms with van der Waals surface area (Å²) in [4.78, 5) is 33.3. The molecule has 1 aromatic rings. The van der Waals surface area contributed by atoms with Crippen molar-refractivity contribution >= 4 is 17.6 Å². The molecular formula is C31H37F3N2O3. The minimum atomic E-state index is -1.56. The molecule has 0 N–H and O–H groups in total. The van der Waals surface area contributed by atoms with Gasteiger partial charge in [0.05, 0.1) is 13.2 Å². The number of amides is 1. The highest BCUT2D eigenvalue weighted by Gasteiger charge is 2.56. The molecule has 39 heavy (non-hydrogen) atoms. The van der Waals surface area contributed by atoms with E-state index in [1.54, 1.807) is 6.08 Å². The molecule has 2 atom stereocenters. The van der Waals surface area contributed by atoms with Gasteiger partial charge in [-0.2, -0.15) is 0 Å². The maximum absolute atomic E-state index is 14.2. The van der Waals surface area contributed by atoms with Gasteiger partial charge in [0.25, 0.3) is 5.91 Å². The Morgan fingerprint density at radius 2 is 1.69 bits per heavy atom. The van der Waals surface area contributed by atoms with Crippen LogP contribution in [0.1, 0.15) is 78.2 Å². The molecule has 3 aliphatic carbocycles. The minimum Gasteiger partial charge on any atom is -0.466 e. The van der Waals surface area contributed by atoms with Crippen LogP contribution in [-0.4, -0.2) is 41.3 Å². The Labute approximate surface area is 228 Å². The summed E-state index contributed by atoms with van der Waals surface area (Å²) >= 11 is 0. The molecule has 1 spiro atoms. The highest BCUT2D eigenvalue weighted by atomic mass is 19.2. The van der Waals surface area contributed by atoms with Gasteiger partial charge in [-0.25, -0.2) is 18.0 Å². The Hall–Kier alpha value is -2.90. The minimum absolute atomic E-state index is 0.0112. The molecule has 1 aromatic carbocycles. The molecule has 5 rings (SSSR count). The lowest BCUT2D eigenvalue weighted by Crippen LogP contribution is -2.56. The van der Waals surface area contributed by atoms with Crippen LogP contribution < -0.4 is 0 Å². The third kappa shape index (κ3) is 4.95. The quantitative estimate of drug-likeness (QED) is 0.315. The number of methoxy groups -OCH3 is 1. The van der Waals surface area contributed by atoms with Crippen molar-refractivity contribution in [2.45, 2.75) is 84.3 Å². The lowest BCUT2D eigenvalue weighted by Gasteiger charge is -2.48. The van der Waals surface area contributed by atoms with Crippen LogP contribution in [0.2, 0.25) is 0 Å². The summed E-state index contributed by atoms with van der Waals surface area (Å²) in [6.07, 6.45) is 9.28. The predicted molar refractivity (Wildman–Crippen MR) is 142 cm³/mol. The Morgan fingerprint density at radius 1 is 1.08 bits per heavy atom. The molecule has 0 bridgehead atoms. The zero-order chi connectivity index (χ0) is 28.3. The first-order valence-corrected chi connectivity index (χ1v) is 13.9. The van der Waals surface area contributed by atoms with E-state index in [1.165, 1.54) is 7.11 Å². The predicted octanol–water partition coefficient (Wildman–Crippen LogP) is 6.51. The molecule has 8 heteroatoms. The van der Waals surface area contributed by atoms with E-state index < -0.39 is 23.1 Å². The molecule has 1 amide bonds. The van der Waals surface area contributed by atoms with Crippen LogP contribution in [0.25, 0.3) is 0 Å². The molecule has 1 heterocycles. The number of esters is 1. The topological polar surface area (TPSA) is 59.0 Å². The number of rotatable bonds is 5. The second-order valence-electron chi connectivity index (χ2n) is 12.8. The van der Waals surface area contributed by atoms with Gasteiger partial charge in [-0.15, -0.1) is 0 Å². The molecule has 2 saturated carbocycles. The third-order valence-electron chi connectivity index (χ3n) is 9.16. The van der Waals surface area contributed by atoms with Gasteiger partial charge < -0.3 is 9.64 Å². The summed E-state index contributed by atoms with van der Waals surface area (Å²) in [6.45, 7) is 8.64.